The van der Waals surface area contributed by atoms with Crippen molar-refractivity contribution in [2.45, 2.75) is 31.8 Å². The predicted octanol–water partition coefficient (Wildman–Crippen LogP) is -0.0343. The molecule has 2 aliphatic heterocycles. The summed E-state index contributed by atoms with van der Waals surface area (Å²) in [6.07, 6.45) is 2.42. The van der Waals surface area contributed by atoms with Gasteiger partial charge in [0, 0.05) is 19.1 Å². The molecule has 2 amide bonds. The van der Waals surface area contributed by atoms with Gasteiger partial charge in [0.05, 0.1) is 13.2 Å². The third-order valence-corrected chi connectivity index (χ3v) is 3.99. The van der Waals surface area contributed by atoms with Crippen LogP contribution in [0.1, 0.15) is 19.8 Å². The van der Waals surface area contributed by atoms with Crippen LogP contribution in [0.4, 0.5) is 4.79 Å². The molecule has 2 saturated heterocycles. The van der Waals surface area contributed by atoms with Crippen LogP contribution in [0, 0.1) is 0 Å². The third-order valence-electron chi connectivity index (χ3n) is 3.99. The second kappa shape index (κ2) is 6.90. The van der Waals surface area contributed by atoms with Crippen LogP contribution in [-0.4, -0.2) is 78.4 Å². The SMILES string of the molecule is CC(CNC(=O)N1CCOCC1C(=O)O)N1CCCC1. The molecule has 2 atom stereocenters. The number of carbonyl (C=O) groups is 2. The van der Waals surface area contributed by atoms with Gasteiger partial charge in [-0.2, -0.15) is 0 Å². The molecule has 0 aromatic carbocycles. The summed E-state index contributed by atoms with van der Waals surface area (Å²) >= 11 is 0. The Bertz CT molecular complexity index is 358. The minimum atomic E-state index is -1.02. The third kappa shape index (κ3) is 3.61. The van der Waals surface area contributed by atoms with Crippen molar-refractivity contribution in [2.75, 3.05) is 39.4 Å². The second-order valence-electron chi connectivity index (χ2n) is 5.40. The molecule has 7 nitrogen and oxygen atoms in total. The lowest BCUT2D eigenvalue weighted by molar-refractivity contribution is -0.147. The number of morpholine rings is 1. The summed E-state index contributed by atoms with van der Waals surface area (Å²) in [6.45, 7) is 5.55. The van der Waals surface area contributed by atoms with Gasteiger partial charge >= 0.3 is 12.0 Å². The minimum Gasteiger partial charge on any atom is -0.480 e. The lowest BCUT2D eigenvalue weighted by Crippen LogP contribution is -2.56. The highest BCUT2D eigenvalue weighted by molar-refractivity contribution is 5.83. The van der Waals surface area contributed by atoms with Crippen LogP contribution in [0.2, 0.25) is 0 Å². The van der Waals surface area contributed by atoms with Crippen LogP contribution in [0.15, 0.2) is 0 Å². The zero-order valence-corrected chi connectivity index (χ0v) is 11.9. The molecule has 0 aromatic heterocycles. The fourth-order valence-electron chi connectivity index (χ4n) is 2.70. The summed E-state index contributed by atoms with van der Waals surface area (Å²) in [4.78, 5) is 26.9. The van der Waals surface area contributed by atoms with E-state index in [-0.39, 0.29) is 18.7 Å². The van der Waals surface area contributed by atoms with Gasteiger partial charge in [0.2, 0.25) is 0 Å². The van der Waals surface area contributed by atoms with Crippen molar-refractivity contribution in [2.24, 2.45) is 0 Å². The van der Waals surface area contributed by atoms with Gasteiger partial charge in [-0.05, 0) is 32.9 Å². The molecule has 2 aliphatic rings. The Hall–Kier alpha value is -1.34. The zero-order valence-electron chi connectivity index (χ0n) is 11.9. The minimum absolute atomic E-state index is 0.0600. The van der Waals surface area contributed by atoms with E-state index in [1.807, 2.05) is 0 Å². The summed E-state index contributed by atoms with van der Waals surface area (Å²) in [7, 11) is 0. The molecule has 114 valence electrons. The molecular weight excluding hydrogens is 262 g/mol. The molecule has 0 saturated carbocycles. The van der Waals surface area contributed by atoms with E-state index in [2.05, 4.69) is 17.1 Å². The normalized spacial score (nSPS) is 25.4. The number of rotatable bonds is 4. The molecule has 2 fully saturated rings. The highest BCUT2D eigenvalue weighted by Gasteiger charge is 2.33. The largest absolute Gasteiger partial charge is 0.480 e. The lowest BCUT2D eigenvalue weighted by Gasteiger charge is -2.33. The van der Waals surface area contributed by atoms with Crippen molar-refractivity contribution < 1.29 is 19.4 Å². The van der Waals surface area contributed by atoms with Gasteiger partial charge in [0.25, 0.3) is 0 Å². The van der Waals surface area contributed by atoms with Crippen LogP contribution in [0.25, 0.3) is 0 Å². The van der Waals surface area contributed by atoms with E-state index in [4.69, 9.17) is 9.84 Å². The van der Waals surface area contributed by atoms with E-state index in [0.717, 1.165) is 13.1 Å². The van der Waals surface area contributed by atoms with Crippen molar-refractivity contribution in [3.8, 4) is 0 Å². The quantitative estimate of drug-likeness (QED) is 0.758. The van der Waals surface area contributed by atoms with Crippen molar-refractivity contribution in [1.29, 1.82) is 0 Å². The molecule has 20 heavy (non-hydrogen) atoms. The Kier molecular flexibility index (Phi) is 5.19. The predicted molar refractivity (Wildman–Crippen MR) is 72.6 cm³/mol. The van der Waals surface area contributed by atoms with Crippen LogP contribution in [0.3, 0.4) is 0 Å². The fourth-order valence-corrected chi connectivity index (χ4v) is 2.70. The summed E-state index contributed by atoms with van der Waals surface area (Å²) in [6, 6.07) is -0.914. The van der Waals surface area contributed by atoms with Crippen molar-refractivity contribution >= 4 is 12.0 Å². The van der Waals surface area contributed by atoms with E-state index < -0.39 is 12.0 Å². The van der Waals surface area contributed by atoms with Crippen LogP contribution in [0.5, 0.6) is 0 Å². The number of hydrogen-bond donors (Lipinski definition) is 2. The summed E-state index contributed by atoms with van der Waals surface area (Å²) in [5, 5.41) is 11.9. The monoisotopic (exact) mass is 285 g/mol. The summed E-state index contributed by atoms with van der Waals surface area (Å²) < 4.78 is 5.12. The fraction of sp³-hybridized carbons (Fsp3) is 0.846. The highest BCUT2D eigenvalue weighted by Crippen LogP contribution is 2.11. The topological polar surface area (TPSA) is 82.1 Å². The van der Waals surface area contributed by atoms with Gasteiger partial charge in [-0.3, -0.25) is 4.90 Å². The average molecular weight is 285 g/mol. The molecule has 0 aromatic rings. The Labute approximate surface area is 118 Å². The van der Waals surface area contributed by atoms with Crippen LogP contribution < -0.4 is 5.32 Å². The first-order valence-electron chi connectivity index (χ1n) is 7.18. The zero-order chi connectivity index (χ0) is 14.5. The number of nitrogens with one attached hydrogen (secondary N) is 1. The van der Waals surface area contributed by atoms with Crippen LogP contribution in [-0.2, 0) is 9.53 Å². The van der Waals surface area contributed by atoms with Crippen molar-refractivity contribution in [1.82, 2.24) is 15.1 Å². The Morgan fingerprint density at radius 1 is 1.35 bits per heavy atom. The van der Waals surface area contributed by atoms with Gasteiger partial charge in [-0.15, -0.1) is 0 Å². The molecule has 0 bridgehead atoms. The number of aliphatic carboxylic acids is 1. The van der Waals surface area contributed by atoms with Crippen molar-refractivity contribution in [3.05, 3.63) is 0 Å². The van der Waals surface area contributed by atoms with Gasteiger partial charge in [-0.25, -0.2) is 9.59 Å². The maximum Gasteiger partial charge on any atom is 0.328 e. The standard InChI is InChI=1S/C13H23N3O4/c1-10(15-4-2-3-5-15)8-14-13(19)16-6-7-20-9-11(16)12(17)18/h10-11H,2-9H2,1H3,(H,14,19)(H,17,18). The van der Waals surface area contributed by atoms with Crippen molar-refractivity contribution in [3.63, 3.8) is 0 Å². The molecule has 0 aliphatic carbocycles. The molecule has 2 heterocycles. The first-order chi connectivity index (χ1) is 9.59. The van der Waals surface area contributed by atoms with E-state index >= 15 is 0 Å². The number of nitrogens with zero attached hydrogens (tertiary/aromatic N) is 2. The molecule has 2 unspecified atom stereocenters. The smallest absolute Gasteiger partial charge is 0.328 e. The number of hydrogen-bond acceptors (Lipinski definition) is 4. The number of carboxylic acid groups (broad SMARTS) is 1. The van der Waals surface area contributed by atoms with E-state index in [9.17, 15) is 9.59 Å². The average Bonchev–Trinajstić information content (AvgIpc) is 2.98. The number of ether oxygens (including phenoxy) is 1. The maximum atomic E-state index is 12.1. The first-order valence-corrected chi connectivity index (χ1v) is 7.18. The molecular formula is C13H23N3O4. The second-order valence-corrected chi connectivity index (χ2v) is 5.40. The first kappa shape index (κ1) is 15.1. The number of carbonyl (C=O) groups excluding carboxylic acids is 1. The Morgan fingerprint density at radius 2 is 2.05 bits per heavy atom. The number of likely N-dealkylation sites (tertiary alicyclic amines) is 1. The lowest BCUT2D eigenvalue weighted by atomic mass is 10.2. The molecule has 2 N–H and O–H groups in total. The summed E-state index contributed by atoms with van der Waals surface area (Å²) in [5.74, 6) is -1.02. The molecule has 0 radical (unpaired) electrons. The van der Waals surface area contributed by atoms with Gasteiger partial charge in [0.15, 0.2) is 6.04 Å². The van der Waals surface area contributed by atoms with E-state index in [0.29, 0.717) is 19.7 Å². The summed E-state index contributed by atoms with van der Waals surface area (Å²) in [5.41, 5.74) is 0. The van der Waals surface area contributed by atoms with Gasteiger partial charge in [0.1, 0.15) is 0 Å². The van der Waals surface area contributed by atoms with Gasteiger partial charge in [-0.1, -0.05) is 0 Å². The number of carboxylic acids is 1. The Morgan fingerprint density at radius 3 is 2.70 bits per heavy atom. The van der Waals surface area contributed by atoms with Crippen LogP contribution >= 0.6 is 0 Å². The molecule has 2 rings (SSSR count). The highest BCUT2D eigenvalue weighted by atomic mass is 16.5. The molecule has 0 spiro atoms. The maximum absolute atomic E-state index is 12.1. The van der Waals surface area contributed by atoms with E-state index in [1.54, 1.807) is 0 Å². The number of urea groups is 1. The van der Waals surface area contributed by atoms with Gasteiger partial charge < -0.3 is 20.1 Å². The number of amides is 2. The van der Waals surface area contributed by atoms with E-state index in [1.165, 1.54) is 17.7 Å². The Balaban J connectivity index is 1.82. The molecule has 7 heteroatoms.